The molecule has 0 fully saturated rings. The summed E-state index contributed by atoms with van der Waals surface area (Å²) in [6.07, 6.45) is -5.01. The van der Waals surface area contributed by atoms with Gasteiger partial charge in [0.1, 0.15) is 12.4 Å². The zero-order chi connectivity index (χ0) is 14.1. The van der Waals surface area contributed by atoms with Crippen LogP contribution in [0.5, 0.6) is 5.75 Å². The predicted molar refractivity (Wildman–Crippen MR) is 62.8 cm³/mol. The molecule has 0 bridgehead atoms. The van der Waals surface area contributed by atoms with Crippen molar-refractivity contribution in [3.05, 3.63) is 29.8 Å². The maximum Gasteiger partial charge on any atom is 0.389 e. The lowest BCUT2D eigenvalue weighted by molar-refractivity contribution is -0.138. The van der Waals surface area contributed by atoms with Crippen LogP contribution in [0.25, 0.3) is 0 Å². The summed E-state index contributed by atoms with van der Waals surface area (Å²) in [4.78, 5) is 0. The van der Waals surface area contributed by atoms with Crippen LogP contribution >= 0.6 is 0 Å². The molecule has 6 heteroatoms. The molecule has 0 aromatic heterocycles. The summed E-state index contributed by atoms with van der Waals surface area (Å²) in [5.41, 5.74) is 0.489. The van der Waals surface area contributed by atoms with Crippen LogP contribution in [0.3, 0.4) is 0 Å². The zero-order valence-corrected chi connectivity index (χ0v) is 10.2. The normalized spacial score (nSPS) is 11.1. The van der Waals surface area contributed by atoms with Crippen molar-refractivity contribution in [1.29, 1.82) is 5.26 Å². The van der Waals surface area contributed by atoms with E-state index in [-0.39, 0.29) is 26.2 Å². The Morgan fingerprint density at radius 1 is 1.16 bits per heavy atom. The molecule has 0 atom stereocenters. The van der Waals surface area contributed by atoms with E-state index in [1.165, 1.54) is 0 Å². The largest absolute Gasteiger partial charge is 0.491 e. The quantitative estimate of drug-likeness (QED) is 0.716. The lowest BCUT2D eigenvalue weighted by Gasteiger charge is -2.08. The Hall–Kier alpha value is -1.74. The second-order valence-electron chi connectivity index (χ2n) is 3.82. The van der Waals surface area contributed by atoms with Gasteiger partial charge in [0, 0.05) is 13.0 Å². The van der Waals surface area contributed by atoms with Crippen molar-refractivity contribution < 1.29 is 22.6 Å². The highest BCUT2D eigenvalue weighted by Gasteiger charge is 2.25. The Labute approximate surface area is 109 Å². The van der Waals surface area contributed by atoms with Crippen molar-refractivity contribution in [2.24, 2.45) is 0 Å². The lowest BCUT2D eigenvalue weighted by atomic mass is 10.2. The summed E-state index contributed by atoms with van der Waals surface area (Å²) in [5.74, 6) is 0.540. The van der Waals surface area contributed by atoms with Gasteiger partial charge in [0.2, 0.25) is 0 Å². The summed E-state index contributed by atoms with van der Waals surface area (Å²) in [5, 5.41) is 8.67. The predicted octanol–water partition coefficient (Wildman–Crippen LogP) is 3.30. The molecule has 0 saturated carbocycles. The first-order chi connectivity index (χ1) is 9.01. The molecule has 0 aliphatic carbocycles. The third-order valence-corrected chi connectivity index (χ3v) is 2.21. The molecule has 104 valence electrons. The minimum Gasteiger partial charge on any atom is -0.491 e. The van der Waals surface area contributed by atoms with E-state index < -0.39 is 12.6 Å². The monoisotopic (exact) mass is 273 g/mol. The number of nitriles is 1. The molecule has 0 aliphatic rings. The standard InChI is InChI=1S/C13H14F3NO2/c14-13(15,16)5-2-6-18-7-8-19-12-4-1-3-11(9-12)10-17/h1,3-4,9H,2,5-8H2. The van der Waals surface area contributed by atoms with E-state index in [2.05, 4.69) is 0 Å². The Balaban J connectivity index is 2.09. The van der Waals surface area contributed by atoms with Gasteiger partial charge >= 0.3 is 6.18 Å². The molecular formula is C13H14F3NO2. The van der Waals surface area contributed by atoms with Gasteiger partial charge in [-0.15, -0.1) is 0 Å². The van der Waals surface area contributed by atoms with Crippen LogP contribution in [0.15, 0.2) is 24.3 Å². The number of hydrogen-bond donors (Lipinski definition) is 0. The number of rotatable bonds is 7. The molecule has 0 spiro atoms. The molecule has 0 saturated heterocycles. The second-order valence-corrected chi connectivity index (χ2v) is 3.82. The fraction of sp³-hybridized carbons (Fsp3) is 0.462. The summed E-state index contributed by atoms with van der Waals surface area (Å²) in [7, 11) is 0. The highest BCUT2D eigenvalue weighted by atomic mass is 19.4. The lowest BCUT2D eigenvalue weighted by Crippen LogP contribution is -2.11. The molecule has 0 unspecified atom stereocenters. The van der Waals surface area contributed by atoms with Crippen LogP contribution in [-0.4, -0.2) is 26.0 Å². The number of hydrogen-bond acceptors (Lipinski definition) is 3. The molecule has 0 radical (unpaired) electrons. The fourth-order valence-corrected chi connectivity index (χ4v) is 1.35. The number of nitrogens with zero attached hydrogens (tertiary/aromatic N) is 1. The summed E-state index contributed by atoms with van der Waals surface area (Å²) < 4.78 is 45.8. The average molecular weight is 273 g/mol. The van der Waals surface area contributed by atoms with Crippen LogP contribution < -0.4 is 4.74 Å². The molecule has 1 rings (SSSR count). The maximum atomic E-state index is 11.8. The third-order valence-electron chi connectivity index (χ3n) is 2.21. The molecular weight excluding hydrogens is 259 g/mol. The van der Waals surface area contributed by atoms with Gasteiger partial charge in [-0.3, -0.25) is 0 Å². The highest BCUT2D eigenvalue weighted by Crippen LogP contribution is 2.21. The maximum absolute atomic E-state index is 11.8. The SMILES string of the molecule is N#Cc1cccc(OCCOCCCC(F)(F)F)c1. The Morgan fingerprint density at radius 3 is 2.63 bits per heavy atom. The summed E-state index contributed by atoms with van der Waals surface area (Å²) in [6.45, 7) is 0.511. The second kappa shape index (κ2) is 7.64. The topological polar surface area (TPSA) is 42.2 Å². The average Bonchev–Trinajstić information content (AvgIpc) is 2.36. The first-order valence-electron chi connectivity index (χ1n) is 5.79. The Morgan fingerprint density at radius 2 is 1.95 bits per heavy atom. The van der Waals surface area contributed by atoms with Gasteiger partial charge in [-0.25, -0.2) is 0 Å². The van der Waals surface area contributed by atoms with Gasteiger partial charge in [0.15, 0.2) is 0 Å². The van der Waals surface area contributed by atoms with E-state index in [1.54, 1.807) is 24.3 Å². The Kier molecular flexibility index (Phi) is 6.16. The van der Waals surface area contributed by atoms with E-state index in [0.717, 1.165) is 0 Å². The van der Waals surface area contributed by atoms with Crippen molar-refractivity contribution in [2.75, 3.05) is 19.8 Å². The fourth-order valence-electron chi connectivity index (χ4n) is 1.35. The van der Waals surface area contributed by atoms with Crippen LogP contribution in [0.2, 0.25) is 0 Å². The van der Waals surface area contributed by atoms with E-state index in [1.807, 2.05) is 6.07 Å². The molecule has 0 N–H and O–H groups in total. The van der Waals surface area contributed by atoms with E-state index in [9.17, 15) is 13.2 Å². The number of benzene rings is 1. The highest BCUT2D eigenvalue weighted by molar-refractivity contribution is 5.36. The summed E-state index contributed by atoms with van der Waals surface area (Å²) in [6, 6.07) is 8.61. The summed E-state index contributed by atoms with van der Waals surface area (Å²) >= 11 is 0. The van der Waals surface area contributed by atoms with Crippen molar-refractivity contribution in [3.63, 3.8) is 0 Å². The molecule has 1 aromatic rings. The van der Waals surface area contributed by atoms with Crippen LogP contribution in [0, 0.1) is 11.3 Å². The van der Waals surface area contributed by atoms with Crippen molar-refractivity contribution in [1.82, 2.24) is 0 Å². The first-order valence-corrected chi connectivity index (χ1v) is 5.79. The van der Waals surface area contributed by atoms with Gasteiger partial charge in [-0.05, 0) is 24.6 Å². The number of alkyl halides is 3. The van der Waals surface area contributed by atoms with Gasteiger partial charge in [-0.1, -0.05) is 6.07 Å². The Bertz CT molecular complexity index is 427. The van der Waals surface area contributed by atoms with Gasteiger partial charge in [-0.2, -0.15) is 18.4 Å². The smallest absolute Gasteiger partial charge is 0.389 e. The molecule has 0 amide bonds. The minimum absolute atomic E-state index is 0.0482. The molecule has 3 nitrogen and oxygen atoms in total. The third kappa shape index (κ3) is 7.32. The van der Waals surface area contributed by atoms with Crippen LogP contribution in [0.4, 0.5) is 13.2 Å². The van der Waals surface area contributed by atoms with Gasteiger partial charge in [0.25, 0.3) is 0 Å². The first kappa shape index (κ1) is 15.3. The molecule has 0 aliphatic heterocycles. The zero-order valence-electron chi connectivity index (χ0n) is 10.2. The van der Waals surface area contributed by atoms with Crippen molar-refractivity contribution in [2.45, 2.75) is 19.0 Å². The molecule has 0 heterocycles. The van der Waals surface area contributed by atoms with E-state index >= 15 is 0 Å². The van der Waals surface area contributed by atoms with E-state index in [0.29, 0.717) is 11.3 Å². The molecule has 1 aromatic carbocycles. The van der Waals surface area contributed by atoms with Crippen molar-refractivity contribution in [3.8, 4) is 11.8 Å². The molecule has 19 heavy (non-hydrogen) atoms. The van der Waals surface area contributed by atoms with Crippen LogP contribution in [0.1, 0.15) is 18.4 Å². The van der Waals surface area contributed by atoms with E-state index in [4.69, 9.17) is 14.7 Å². The minimum atomic E-state index is -4.13. The number of ether oxygens (including phenoxy) is 2. The van der Waals surface area contributed by atoms with Crippen molar-refractivity contribution >= 4 is 0 Å². The number of halogens is 3. The van der Waals surface area contributed by atoms with Gasteiger partial charge < -0.3 is 9.47 Å². The van der Waals surface area contributed by atoms with Crippen LogP contribution in [-0.2, 0) is 4.74 Å². The van der Waals surface area contributed by atoms with Gasteiger partial charge in [0.05, 0.1) is 18.2 Å².